The fourth-order valence-electron chi connectivity index (χ4n) is 5.37. The number of hydrogen-bond acceptors (Lipinski definition) is 9. The van der Waals surface area contributed by atoms with Crippen LogP contribution in [-0.2, 0) is 20.9 Å². The average molecular weight is 553 g/mol. The monoisotopic (exact) mass is 552 g/mol. The number of ether oxygens (including phenoxy) is 3. The van der Waals surface area contributed by atoms with E-state index in [1.54, 1.807) is 44.6 Å². The lowest BCUT2D eigenvalue weighted by Crippen LogP contribution is -2.49. The highest BCUT2D eigenvalue weighted by molar-refractivity contribution is 5.88. The minimum Gasteiger partial charge on any atom is -0.493 e. The molecule has 3 heterocycles. The van der Waals surface area contributed by atoms with Crippen LogP contribution in [0.1, 0.15) is 56.7 Å². The van der Waals surface area contributed by atoms with Gasteiger partial charge in [0.15, 0.2) is 17.5 Å². The summed E-state index contributed by atoms with van der Waals surface area (Å²) in [5.74, 6) is 1.24. The van der Waals surface area contributed by atoms with Crippen molar-refractivity contribution in [2.24, 2.45) is 0 Å². The van der Waals surface area contributed by atoms with Crippen molar-refractivity contribution in [2.75, 3.05) is 27.4 Å². The summed E-state index contributed by atoms with van der Waals surface area (Å²) in [4.78, 5) is 30.3. The van der Waals surface area contributed by atoms with Crippen molar-refractivity contribution in [3.63, 3.8) is 0 Å². The molecule has 2 aliphatic rings. The lowest BCUT2D eigenvalue weighted by molar-refractivity contribution is -0.144. The van der Waals surface area contributed by atoms with Crippen LogP contribution < -0.4 is 14.8 Å². The molecule has 1 N–H and O–H groups in total. The fraction of sp³-hybridized carbons (Fsp3) is 0.536. The number of tetrazole rings is 1. The number of carbonyl (C=O) groups is 2. The molecule has 2 fully saturated rings. The smallest absolute Gasteiger partial charge is 0.250 e. The molecule has 0 unspecified atom stereocenters. The molecule has 2 atom stereocenters. The van der Waals surface area contributed by atoms with E-state index in [0.717, 1.165) is 38.5 Å². The Morgan fingerprint density at radius 2 is 1.93 bits per heavy atom. The van der Waals surface area contributed by atoms with Gasteiger partial charge in [0.05, 0.1) is 26.6 Å². The molecule has 214 valence electrons. The normalized spacial score (nSPS) is 18.3. The van der Waals surface area contributed by atoms with Gasteiger partial charge in [-0.1, -0.05) is 19.3 Å². The first-order valence-electron chi connectivity index (χ1n) is 13.8. The maximum atomic E-state index is 13.8. The van der Waals surface area contributed by atoms with Crippen molar-refractivity contribution in [1.82, 2.24) is 30.4 Å². The van der Waals surface area contributed by atoms with Gasteiger partial charge in [0, 0.05) is 24.8 Å². The summed E-state index contributed by atoms with van der Waals surface area (Å²) in [7, 11) is 3.11. The van der Waals surface area contributed by atoms with Gasteiger partial charge < -0.3 is 28.8 Å². The van der Waals surface area contributed by atoms with Gasteiger partial charge in [0.2, 0.25) is 11.7 Å². The standard InChI is InChI=1S/C28H36N6O6/c1-37-22-13-12-19(16-24(22)38-2)27-30-32-34(31-27)18-25(35)33(17-21-10-6-14-39-21)26(23-11-7-15-40-23)28(36)29-20-8-4-3-5-9-20/h7,11-13,15-16,20-21,26H,3-6,8-10,14,17-18H2,1-2H3,(H,29,36)/t21-,26-/m1/s1. The molecule has 0 radical (unpaired) electrons. The number of benzene rings is 1. The maximum absolute atomic E-state index is 13.8. The van der Waals surface area contributed by atoms with Gasteiger partial charge in [-0.15, -0.1) is 10.2 Å². The zero-order valence-corrected chi connectivity index (χ0v) is 23.0. The summed E-state index contributed by atoms with van der Waals surface area (Å²) in [6, 6.07) is 7.87. The molecular weight excluding hydrogens is 516 g/mol. The number of carbonyl (C=O) groups excluding carboxylic acids is 2. The summed E-state index contributed by atoms with van der Waals surface area (Å²) in [6.07, 6.45) is 8.25. The second kappa shape index (κ2) is 12.9. The van der Waals surface area contributed by atoms with Crippen LogP contribution in [0.2, 0.25) is 0 Å². The summed E-state index contributed by atoms with van der Waals surface area (Å²) in [6.45, 7) is 0.673. The van der Waals surface area contributed by atoms with Gasteiger partial charge in [0.1, 0.15) is 12.3 Å². The van der Waals surface area contributed by atoms with Crippen LogP contribution in [0.4, 0.5) is 0 Å². The summed E-state index contributed by atoms with van der Waals surface area (Å²) in [5.41, 5.74) is 0.660. The van der Waals surface area contributed by atoms with Gasteiger partial charge in [-0.2, -0.15) is 4.80 Å². The third kappa shape index (κ3) is 6.44. The van der Waals surface area contributed by atoms with E-state index in [1.807, 2.05) is 0 Å². The number of hydrogen-bond donors (Lipinski definition) is 1. The number of aromatic nitrogens is 4. The van der Waals surface area contributed by atoms with Crippen LogP contribution in [0.25, 0.3) is 11.4 Å². The highest BCUT2D eigenvalue weighted by Crippen LogP contribution is 2.31. The van der Waals surface area contributed by atoms with Crippen molar-refractivity contribution < 1.29 is 28.2 Å². The molecule has 1 aromatic carbocycles. The fourth-order valence-corrected chi connectivity index (χ4v) is 5.37. The van der Waals surface area contributed by atoms with Crippen molar-refractivity contribution in [3.05, 3.63) is 42.4 Å². The molecule has 2 aromatic heterocycles. The Bertz CT molecular complexity index is 1270. The largest absolute Gasteiger partial charge is 0.493 e. The number of amides is 2. The second-order valence-corrected chi connectivity index (χ2v) is 10.2. The molecule has 0 bridgehead atoms. The molecule has 1 saturated heterocycles. The predicted octanol–water partition coefficient (Wildman–Crippen LogP) is 3.15. The summed E-state index contributed by atoms with van der Waals surface area (Å²) < 4.78 is 22.2. The number of methoxy groups -OCH3 is 2. The van der Waals surface area contributed by atoms with Crippen LogP contribution >= 0.6 is 0 Å². The van der Waals surface area contributed by atoms with Gasteiger partial charge in [-0.05, 0) is 61.2 Å². The lowest BCUT2D eigenvalue weighted by atomic mass is 9.95. The van der Waals surface area contributed by atoms with Gasteiger partial charge >= 0.3 is 0 Å². The van der Waals surface area contributed by atoms with E-state index in [4.69, 9.17) is 18.6 Å². The molecule has 12 heteroatoms. The van der Waals surface area contributed by atoms with Gasteiger partial charge in [0.25, 0.3) is 5.91 Å². The minimum atomic E-state index is -0.942. The molecule has 1 aliphatic carbocycles. The number of nitrogens with zero attached hydrogens (tertiary/aromatic N) is 5. The third-order valence-corrected chi connectivity index (χ3v) is 7.44. The van der Waals surface area contributed by atoms with Crippen LogP contribution in [0.15, 0.2) is 41.0 Å². The highest BCUT2D eigenvalue weighted by atomic mass is 16.5. The van der Waals surface area contributed by atoms with Crippen LogP contribution in [0.3, 0.4) is 0 Å². The first kappa shape index (κ1) is 27.6. The van der Waals surface area contributed by atoms with Crippen LogP contribution in [0.5, 0.6) is 11.5 Å². The van der Waals surface area contributed by atoms with E-state index in [1.165, 1.54) is 22.4 Å². The van der Waals surface area contributed by atoms with E-state index < -0.39 is 6.04 Å². The summed E-state index contributed by atoms with van der Waals surface area (Å²) in [5, 5.41) is 15.8. The number of furan rings is 1. The van der Waals surface area contributed by atoms with E-state index in [2.05, 4.69) is 20.7 Å². The molecule has 40 heavy (non-hydrogen) atoms. The van der Waals surface area contributed by atoms with Crippen molar-refractivity contribution in [1.29, 1.82) is 0 Å². The average Bonchev–Trinajstić information content (AvgIpc) is 3.77. The van der Waals surface area contributed by atoms with Crippen molar-refractivity contribution >= 4 is 11.8 Å². The molecule has 1 aliphatic heterocycles. The first-order chi connectivity index (χ1) is 19.6. The zero-order chi connectivity index (χ0) is 27.9. The SMILES string of the molecule is COc1ccc(-c2nnn(CC(=O)N(C[C@H]3CCCO3)[C@@H](C(=O)NC3CCCCC3)c3ccco3)n2)cc1OC. The van der Waals surface area contributed by atoms with Gasteiger partial charge in [-0.25, -0.2) is 0 Å². The Morgan fingerprint density at radius 1 is 1.10 bits per heavy atom. The second-order valence-electron chi connectivity index (χ2n) is 10.2. The summed E-state index contributed by atoms with van der Waals surface area (Å²) >= 11 is 0. The first-order valence-corrected chi connectivity index (χ1v) is 13.8. The lowest BCUT2D eigenvalue weighted by Gasteiger charge is -2.33. The van der Waals surface area contributed by atoms with Crippen molar-refractivity contribution in [3.8, 4) is 22.9 Å². The molecule has 2 amide bonds. The molecular formula is C28H36N6O6. The van der Waals surface area contributed by atoms with E-state index >= 15 is 0 Å². The Balaban J connectivity index is 1.38. The quantitative estimate of drug-likeness (QED) is 0.381. The van der Waals surface area contributed by atoms with E-state index in [0.29, 0.717) is 35.3 Å². The van der Waals surface area contributed by atoms with Crippen molar-refractivity contribution in [2.45, 2.75) is 69.7 Å². The predicted molar refractivity (Wildman–Crippen MR) is 144 cm³/mol. The number of nitrogens with one attached hydrogen (secondary N) is 1. The molecule has 1 saturated carbocycles. The third-order valence-electron chi connectivity index (χ3n) is 7.44. The minimum absolute atomic E-state index is 0.0828. The van der Waals surface area contributed by atoms with Crippen LogP contribution in [-0.4, -0.2) is 76.4 Å². The topological polar surface area (TPSA) is 134 Å². The molecule has 12 nitrogen and oxygen atoms in total. The Hall–Kier alpha value is -3.93. The number of rotatable bonds is 11. The molecule has 3 aromatic rings. The van der Waals surface area contributed by atoms with E-state index in [-0.39, 0.29) is 37.0 Å². The van der Waals surface area contributed by atoms with Crippen LogP contribution in [0, 0.1) is 0 Å². The zero-order valence-electron chi connectivity index (χ0n) is 23.0. The maximum Gasteiger partial charge on any atom is 0.250 e. The Morgan fingerprint density at radius 3 is 2.62 bits per heavy atom. The highest BCUT2D eigenvalue weighted by Gasteiger charge is 2.37. The molecule has 5 rings (SSSR count). The van der Waals surface area contributed by atoms with Gasteiger partial charge in [-0.3, -0.25) is 9.59 Å². The molecule has 0 spiro atoms. The Labute approximate surface area is 232 Å². The van der Waals surface area contributed by atoms with E-state index in [9.17, 15) is 9.59 Å². The Kier molecular flexibility index (Phi) is 8.94.